The standard InChI is InChI=1S/C12H20O5/c1-6-16-10(14)12(8(3)4,9(5)13)11(15)17-7-2/h8H,6-7H2,1-5H3. The van der Waals surface area contributed by atoms with Gasteiger partial charge in [-0.2, -0.15) is 0 Å². The van der Waals surface area contributed by atoms with Crippen molar-refractivity contribution in [2.45, 2.75) is 34.6 Å². The lowest BCUT2D eigenvalue weighted by Crippen LogP contribution is -2.51. The van der Waals surface area contributed by atoms with E-state index < -0.39 is 29.1 Å². The first-order valence-corrected chi connectivity index (χ1v) is 5.71. The molecule has 0 radical (unpaired) electrons. The minimum Gasteiger partial charge on any atom is -0.465 e. The third-order valence-electron chi connectivity index (χ3n) is 2.62. The molecule has 0 saturated heterocycles. The van der Waals surface area contributed by atoms with Crippen LogP contribution in [-0.2, 0) is 23.9 Å². The zero-order valence-electron chi connectivity index (χ0n) is 11.0. The van der Waals surface area contributed by atoms with Gasteiger partial charge in [0.05, 0.1) is 13.2 Å². The van der Waals surface area contributed by atoms with Crippen LogP contribution in [0.15, 0.2) is 0 Å². The second kappa shape index (κ2) is 6.37. The molecule has 0 rings (SSSR count). The molecule has 0 heterocycles. The van der Waals surface area contributed by atoms with Crippen LogP contribution in [0.4, 0.5) is 0 Å². The maximum Gasteiger partial charge on any atom is 0.331 e. The van der Waals surface area contributed by atoms with E-state index in [1.807, 2.05) is 0 Å². The van der Waals surface area contributed by atoms with Gasteiger partial charge in [-0.05, 0) is 26.7 Å². The molecule has 0 N–H and O–H groups in total. The lowest BCUT2D eigenvalue weighted by atomic mass is 9.74. The van der Waals surface area contributed by atoms with E-state index in [0.29, 0.717) is 0 Å². The quantitative estimate of drug-likeness (QED) is 0.521. The molecule has 0 aromatic rings. The van der Waals surface area contributed by atoms with Gasteiger partial charge in [0.25, 0.3) is 0 Å². The average Bonchev–Trinajstić information content (AvgIpc) is 2.17. The van der Waals surface area contributed by atoms with Crippen molar-refractivity contribution in [2.75, 3.05) is 13.2 Å². The lowest BCUT2D eigenvalue weighted by Gasteiger charge is -2.29. The third kappa shape index (κ3) is 2.84. The van der Waals surface area contributed by atoms with Crippen LogP contribution in [-0.4, -0.2) is 30.9 Å². The number of carbonyl (C=O) groups excluding carboxylic acids is 3. The van der Waals surface area contributed by atoms with Crippen molar-refractivity contribution >= 4 is 17.7 Å². The molecule has 0 amide bonds. The molecule has 17 heavy (non-hydrogen) atoms. The molecule has 5 nitrogen and oxygen atoms in total. The van der Waals surface area contributed by atoms with Crippen LogP contribution in [0, 0.1) is 11.3 Å². The van der Waals surface area contributed by atoms with E-state index in [9.17, 15) is 14.4 Å². The van der Waals surface area contributed by atoms with Gasteiger partial charge in [0.15, 0.2) is 5.78 Å². The number of hydrogen-bond acceptors (Lipinski definition) is 5. The molecule has 0 unspecified atom stereocenters. The highest BCUT2D eigenvalue weighted by atomic mass is 16.6. The van der Waals surface area contributed by atoms with E-state index in [4.69, 9.17) is 9.47 Å². The number of ketones is 1. The Morgan fingerprint density at radius 1 is 1.00 bits per heavy atom. The van der Waals surface area contributed by atoms with Gasteiger partial charge < -0.3 is 9.47 Å². The second-order valence-electron chi connectivity index (χ2n) is 3.96. The van der Waals surface area contributed by atoms with E-state index in [1.54, 1.807) is 27.7 Å². The summed E-state index contributed by atoms with van der Waals surface area (Å²) in [6, 6.07) is 0. The summed E-state index contributed by atoms with van der Waals surface area (Å²) >= 11 is 0. The normalized spacial score (nSPS) is 11.2. The summed E-state index contributed by atoms with van der Waals surface area (Å²) in [7, 11) is 0. The van der Waals surface area contributed by atoms with Gasteiger partial charge in [0, 0.05) is 0 Å². The van der Waals surface area contributed by atoms with Crippen LogP contribution < -0.4 is 0 Å². The molecule has 0 aliphatic carbocycles. The fourth-order valence-electron chi connectivity index (χ4n) is 1.74. The minimum atomic E-state index is -1.84. The number of Topliss-reactive ketones (excluding diaryl/α,β-unsaturated/α-hetero) is 1. The van der Waals surface area contributed by atoms with Gasteiger partial charge >= 0.3 is 11.9 Å². The summed E-state index contributed by atoms with van der Waals surface area (Å²) in [4.78, 5) is 35.6. The Bertz CT molecular complexity index is 288. The molecule has 0 bridgehead atoms. The number of ether oxygens (including phenoxy) is 2. The van der Waals surface area contributed by atoms with Crippen LogP contribution in [0.1, 0.15) is 34.6 Å². The zero-order valence-corrected chi connectivity index (χ0v) is 11.0. The van der Waals surface area contributed by atoms with Gasteiger partial charge in [-0.15, -0.1) is 0 Å². The van der Waals surface area contributed by atoms with Gasteiger partial charge in [-0.3, -0.25) is 14.4 Å². The van der Waals surface area contributed by atoms with E-state index in [0.717, 1.165) is 0 Å². The molecule has 0 aromatic heterocycles. The summed E-state index contributed by atoms with van der Waals surface area (Å²) < 4.78 is 9.67. The van der Waals surface area contributed by atoms with Crippen molar-refractivity contribution in [2.24, 2.45) is 11.3 Å². The molecular weight excluding hydrogens is 224 g/mol. The first-order chi connectivity index (χ1) is 7.85. The molecule has 0 aliphatic rings. The van der Waals surface area contributed by atoms with Gasteiger partial charge in [-0.25, -0.2) is 0 Å². The Balaban J connectivity index is 5.51. The van der Waals surface area contributed by atoms with Crippen molar-refractivity contribution < 1.29 is 23.9 Å². The maximum atomic E-state index is 11.9. The van der Waals surface area contributed by atoms with Crippen molar-refractivity contribution in [1.29, 1.82) is 0 Å². The van der Waals surface area contributed by atoms with Crippen LogP contribution in [0.3, 0.4) is 0 Å². The Labute approximate surface area is 101 Å². The van der Waals surface area contributed by atoms with Crippen LogP contribution in [0.5, 0.6) is 0 Å². The zero-order chi connectivity index (χ0) is 13.6. The van der Waals surface area contributed by atoms with Crippen LogP contribution in [0.25, 0.3) is 0 Å². The van der Waals surface area contributed by atoms with Crippen molar-refractivity contribution in [3.05, 3.63) is 0 Å². The Morgan fingerprint density at radius 2 is 1.35 bits per heavy atom. The third-order valence-corrected chi connectivity index (χ3v) is 2.62. The second-order valence-corrected chi connectivity index (χ2v) is 3.96. The molecule has 0 aromatic carbocycles. The Morgan fingerprint density at radius 3 is 1.53 bits per heavy atom. The smallest absolute Gasteiger partial charge is 0.331 e. The van der Waals surface area contributed by atoms with Crippen LogP contribution >= 0.6 is 0 Å². The lowest BCUT2D eigenvalue weighted by molar-refractivity contribution is -0.177. The molecule has 0 fully saturated rings. The predicted octanol–water partition coefficient (Wildman–Crippen LogP) is 1.34. The fraction of sp³-hybridized carbons (Fsp3) is 0.750. The van der Waals surface area contributed by atoms with Gasteiger partial charge in [0.2, 0.25) is 5.41 Å². The van der Waals surface area contributed by atoms with Gasteiger partial charge in [0.1, 0.15) is 0 Å². The summed E-state index contributed by atoms with van der Waals surface area (Å²) in [6.07, 6.45) is 0. The van der Waals surface area contributed by atoms with E-state index >= 15 is 0 Å². The molecule has 0 spiro atoms. The highest BCUT2D eigenvalue weighted by Gasteiger charge is 2.55. The molecule has 0 atom stereocenters. The predicted molar refractivity (Wildman–Crippen MR) is 61.2 cm³/mol. The SMILES string of the molecule is CCOC(=O)C(C(C)=O)(C(=O)OCC)C(C)C. The minimum absolute atomic E-state index is 0.111. The molecular formula is C12H20O5. The van der Waals surface area contributed by atoms with Crippen molar-refractivity contribution in [3.63, 3.8) is 0 Å². The van der Waals surface area contributed by atoms with Crippen LogP contribution in [0.2, 0.25) is 0 Å². The van der Waals surface area contributed by atoms with E-state index in [2.05, 4.69) is 0 Å². The molecule has 98 valence electrons. The fourth-order valence-corrected chi connectivity index (χ4v) is 1.74. The number of esters is 2. The summed E-state index contributed by atoms with van der Waals surface area (Å²) in [5, 5.41) is 0. The largest absolute Gasteiger partial charge is 0.465 e. The number of rotatable bonds is 6. The highest BCUT2D eigenvalue weighted by molar-refractivity contribution is 6.19. The highest BCUT2D eigenvalue weighted by Crippen LogP contribution is 2.32. The number of hydrogen-bond donors (Lipinski definition) is 0. The van der Waals surface area contributed by atoms with Crippen molar-refractivity contribution in [3.8, 4) is 0 Å². The molecule has 5 heteroatoms. The average molecular weight is 244 g/mol. The summed E-state index contributed by atoms with van der Waals surface area (Å²) in [6.45, 7) is 7.90. The van der Waals surface area contributed by atoms with Gasteiger partial charge in [-0.1, -0.05) is 13.8 Å². The first kappa shape index (κ1) is 15.6. The van der Waals surface area contributed by atoms with E-state index in [-0.39, 0.29) is 13.2 Å². The first-order valence-electron chi connectivity index (χ1n) is 5.71. The topological polar surface area (TPSA) is 69.7 Å². The van der Waals surface area contributed by atoms with E-state index in [1.165, 1.54) is 6.92 Å². The monoisotopic (exact) mass is 244 g/mol. The number of carbonyl (C=O) groups is 3. The molecule has 0 saturated carbocycles. The van der Waals surface area contributed by atoms with Crippen molar-refractivity contribution in [1.82, 2.24) is 0 Å². The Hall–Kier alpha value is -1.39. The molecule has 0 aliphatic heterocycles. The summed E-state index contributed by atoms with van der Waals surface area (Å²) in [5.41, 5.74) is -1.84. The Kier molecular flexibility index (Phi) is 5.85. The maximum absolute atomic E-state index is 11.9. The summed E-state index contributed by atoms with van der Waals surface area (Å²) in [5.74, 6) is -2.73.